The number of hydrogen-bond acceptors (Lipinski definition) is 5. The molecule has 140 valence electrons. The average molecular weight is 370 g/mol. The second-order valence-corrected chi connectivity index (χ2v) is 8.58. The fourth-order valence-corrected chi connectivity index (χ4v) is 3.67. The number of morpholine rings is 1. The summed E-state index contributed by atoms with van der Waals surface area (Å²) in [6.07, 6.45) is 0.681. The number of aryl methyl sites for hydroxylation is 2. The van der Waals surface area contributed by atoms with Crippen molar-refractivity contribution in [2.75, 3.05) is 39.0 Å². The quantitative estimate of drug-likeness (QED) is 0.766. The summed E-state index contributed by atoms with van der Waals surface area (Å²) in [5, 5.41) is 8.91. The van der Waals surface area contributed by atoms with Gasteiger partial charge in [-0.2, -0.15) is 4.31 Å². The van der Waals surface area contributed by atoms with E-state index in [0.717, 1.165) is 23.7 Å². The summed E-state index contributed by atoms with van der Waals surface area (Å²) >= 11 is 0. The van der Waals surface area contributed by atoms with Gasteiger partial charge in [0.2, 0.25) is 10.0 Å². The van der Waals surface area contributed by atoms with E-state index in [1.165, 1.54) is 16.7 Å². The largest absolute Gasteiger partial charge is 0.480 e. The Morgan fingerprint density at radius 3 is 2.68 bits per heavy atom. The Hall–Kier alpha value is -1.48. The lowest BCUT2D eigenvalue weighted by Crippen LogP contribution is -2.49. The maximum absolute atomic E-state index is 11.8. The van der Waals surface area contributed by atoms with Crippen molar-refractivity contribution in [1.82, 2.24) is 9.21 Å². The van der Waals surface area contributed by atoms with Crippen LogP contribution in [0.2, 0.25) is 0 Å². The van der Waals surface area contributed by atoms with Crippen LogP contribution in [0.25, 0.3) is 0 Å². The molecule has 7 nitrogen and oxygen atoms in total. The molecule has 1 aliphatic rings. The van der Waals surface area contributed by atoms with Crippen molar-refractivity contribution >= 4 is 16.0 Å². The van der Waals surface area contributed by atoms with E-state index in [2.05, 4.69) is 36.9 Å². The SMILES string of the molecule is Cc1ccc(CN2CCOC(CN(CC(=O)O)S(C)(=O)=O)C2)cc1C. The topological polar surface area (TPSA) is 87.2 Å². The maximum atomic E-state index is 11.8. The summed E-state index contributed by atoms with van der Waals surface area (Å²) in [7, 11) is -3.59. The van der Waals surface area contributed by atoms with E-state index in [1.807, 2.05) is 0 Å². The smallest absolute Gasteiger partial charge is 0.318 e. The van der Waals surface area contributed by atoms with Crippen LogP contribution < -0.4 is 0 Å². The zero-order valence-corrected chi connectivity index (χ0v) is 15.8. The Kier molecular flexibility index (Phi) is 6.56. The molecule has 0 aromatic heterocycles. The molecule has 1 heterocycles. The third-order valence-corrected chi connectivity index (χ3v) is 5.60. The van der Waals surface area contributed by atoms with Crippen molar-refractivity contribution in [3.63, 3.8) is 0 Å². The molecule has 0 aliphatic carbocycles. The van der Waals surface area contributed by atoms with Crippen LogP contribution in [0.3, 0.4) is 0 Å². The van der Waals surface area contributed by atoms with Crippen molar-refractivity contribution in [2.45, 2.75) is 26.5 Å². The number of nitrogens with zero attached hydrogens (tertiary/aromatic N) is 2. The standard InChI is InChI=1S/C17H26N2O5S/c1-13-4-5-15(8-14(13)2)9-18-6-7-24-16(10-18)11-19(12-17(20)21)25(3,22)23/h4-5,8,16H,6-7,9-12H2,1-3H3,(H,20,21). The predicted octanol–water partition coefficient (Wildman–Crippen LogP) is 0.850. The number of sulfonamides is 1. The molecule has 1 aromatic carbocycles. The number of hydrogen-bond donors (Lipinski definition) is 1. The number of rotatable bonds is 7. The Balaban J connectivity index is 1.99. The monoisotopic (exact) mass is 370 g/mol. The molecule has 1 fully saturated rings. The molecule has 1 unspecified atom stereocenters. The number of aliphatic carboxylic acids is 1. The Morgan fingerprint density at radius 2 is 2.08 bits per heavy atom. The molecule has 1 N–H and O–H groups in total. The zero-order chi connectivity index (χ0) is 18.6. The van der Waals surface area contributed by atoms with Crippen LogP contribution >= 0.6 is 0 Å². The summed E-state index contributed by atoms with van der Waals surface area (Å²) in [5.41, 5.74) is 3.70. The molecule has 0 radical (unpaired) electrons. The molecule has 1 aliphatic heterocycles. The van der Waals surface area contributed by atoms with Gasteiger partial charge in [-0.15, -0.1) is 0 Å². The molecule has 0 bridgehead atoms. The first kappa shape index (κ1) is 19.8. The molecule has 0 saturated carbocycles. The molecule has 1 atom stereocenters. The van der Waals surface area contributed by atoms with Crippen LogP contribution in [-0.2, 0) is 26.1 Å². The highest BCUT2D eigenvalue weighted by Gasteiger charge is 2.28. The van der Waals surface area contributed by atoms with Gasteiger partial charge in [0.15, 0.2) is 0 Å². The lowest BCUT2D eigenvalue weighted by atomic mass is 10.1. The molecular formula is C17H26N2O5S. The van der Waals surface area contributed by atoms with Gasteiger partial charge in [0.1, 0.15) is 6.54 Å². The third-order valence-electron chi connectivity index (χ3n) is 4.39. The van der Waals surface area contributed by atoms with Crippen LogP contribution in [-0.4, -0.2) is 73.8 Å². The van der Waals surface area contributed by atoms with E-state index in [-0.39, 0.29) is 12.6 Å². The van der Waals surface area contributed by atoms with Gasteiger partial charge in [-0.05, 0) is 30.5 Å². The van der Waals surface area contributed by atoms with Gasteiger partial charge < -0.3 is 9.84 Å². The third kappa shape index (κ3) is 6.07. The molecule has 0 amide bonds. The van der Waals surface area contributed by atoms with Crippen molar-refractivity contribution in [1.29, 1.82) is 0 Å². The Labute approximate surface area is 149 Å². The molecule has 1 saturated heterocycles. The van der Waals surface area contributed by atoms with Gasteiger partial charge in [0, 0.05) is 26.2 Å². The molecule has 8 heteroatoms. The number of carbonyl (C=O) groups is 1. The fourth-order valence-electron chi connectivity index (χ4n) is 2.89. The molecule has 1 aromatic rings. The minimum absolute atomic E-state index is 0.0502. The van der Waals surface area contributed by atoms with Crippen LogP contribution in [0.15, 0.2) is 18.2 Å². The Morgan fingerprint density at radius 1 is 1.36 bits per heavy atom. The van der Waals surface area contributed by atoms with Crippen LogP contribution in [0.1, 0.15) is 16.7 Å². The summed E-state index contributed by atoms with van der Waals surface area (Å²) in [5.74, 6) is -1.17. The van der Waals surface area contributed by atoms with E-state index >= 15 is 0 Å². The van der Waals surface area contributed by atoms with Crippen LogP contribution in [0, 0.1) is 13.8 Å². The lowest BCUT2D eigenvalue weighted by Gasteiger charge is -2.35. The average Bonchev–Trinajstić information content (AvgIpc) is 2.49. The van der Waals surface area contributed by atoms with E-state index in [0.29, 0.717) is 13.2 Å². The minimum atomic E-state index is -3.59. The van der Waals surface area contributed by atoms with E-state index in [9.17, 15) is 13.2 Å². The highest BCUT2D eigenvalue weighted by molar-refractivity contribution is 7.88. The van der Waals surface area contributed by atoms with Crippen molar-refractivity contribution in [3.8, 4) is 0 Å². The van der Waals surface area contributed by atoms with Gasteiger partial charge in [0.05, 0.1) is 19.0 Å². The maximum Gasteiger partial charge on any atom is 0.318 e. The number of benzene rings is 1. The first-order chi connectivity index (χ1) is 11.6. The van der Waals surface area contributed by atoms with E-state index in [4.69, 9.17) is 9.84 Å². The summed E-state index contributed by atoms with van der Waals surface area (Å²) in [4.78, 5) is 13.1. The van der Waals surface area contributed by atoms with Crippen LogP contribution in [0.5, 0.6) is 0 Å². The zero-order valence-electron chi connectivity index (χ0n) is 14.9. The predicted molar refractivity (Wildman–Crippen MR) is 95.0 cm³/mol. The van der Waals surface area contributed by atoms with Gasteiger partial charge >= 0.3 is 5.97 Å². The number of carboxylic acid groups (broad SMARTS) is 1. The molecule has 25 heavy (non-hydrogen) atoms. The molecule has 2 rings (SSSR count). The van der Waals surface area contributed by atoms with Gasteiger partial charge in [-0.25, -0.2) is 8.42 Å². The minimum Gasteiger partial charge on any atom is -0.480 e. The normalized spacial score (nSPS) is 19.3. The second-order valence-electron chi connectivity index (χ2n) is 6.60. The van der Waals surface area contributed by atoms with E-state index in [1.54, 1.807) is 0 Å². The number of carboxylic acids is 1. The highest BCUT2D eigenvalue weighted by Crippen LogP contribution is 2.15. The van der Waals surface area contributed by atoms with Gasteiger partial charge in [-0.3, -0.25) is 9.69 Å². The summed E-state index contributed by atoms with van der Waals surface area (Å²) in [6, 6.07) is 6.36. The first-order valence-electron chi connectivity index (χ1n) is 8.22. The fraction of sp³-hybridized carbons (Fsp3) is 0.588. The summed E-state index contributed by atoms with van der Waals surface area (Å²) in [6.45, 7) is 6.26. The highest BCUT2D eigenvalue weighted by atomic mass is 32.2. The Bertz CT molecular complexity index is 720. The summed E-state index contributed by atoms with van der Waals surface area (Å²) < 4.78 is 30.2. The van der Waals surface area contributed by atoms with Crippen molar-refractivity contribution in [2.24, 2.45) is 0 Å². The van der Waals surface area contributed by atoms with E-state index < -0.39 is 22.5 Å². The molecular weight excluding hydrogens is 344 g/mol. The van der Waals surface area contributed by atoms with Crippen molar-refractivity contribution < 1.29 is 23.1 Å². The molecule has 0 spiro atoms. The van der Waals surface area contributed by atoms with Gasteiger partial charge in [-0.1, -0.05) is 18.2 Å². The van der Waals surface area contributed by atoms with Gasteiger partial charge in [0.25, 0.3) is 0 Å². The second kappa shape index (κ2) is 8.27. The first-order valence-corrected chi connectivity index (χ1v) is 10.1. The van der Waals surface area contributed by atoms with Crippen LogP contribution in [0.4, 0.5) is 0 Å². The van der Waals surface area contributed by atoms with Crippen molar-refractivity contribution in [3.05, 3.63) is 34.9 Å². The lowest BCUT2D eigenvalue weighted by molar-refractivity contribution is -0.137. The number of ether oxygens (including phenoxy) is 1.